The summed E-state index contributed by atoms with van der Waals surface area (Å²) < 4.78 is 0. The standard InChI is InChI=1S/C25H31N3O3/c1-4-5-14-28-16-20(15-23(28)29)25(31)27-22-12-8-19(9-13-22)24(30)26-21-10-6-18(7-11-21)17(2)3/h6-13,17,20H,4-5,14-16H2,1-3H3,(H,26,30)(H,27,31)/t20-/m1/s1. The number of carbonyl (C=O) groups excluding carboxylic acids is 3. The normalized spacial score (nSPS) is 15.9. The average Bonchev–Trinajstić information content (AvgIpc) is 3.13. The molecule has 0 saturated carbocycles. The van der Waals surface area contributed by atoms with Crippen molar-refractivity contribution in [2.75, 3.05) is 23.7 Å². The Kier molecular flexibility index (Phi) is 7.45. The van der Waals surface area contributed by atoms with Crippen LogP contribution in [-0.2, 0) is 9.59 Å². The Morgan fingerprint density at radius 1 is 1.00 bits per heavy atom. The highest BCUT2D eigenvalue weighted by Gasteiger charge is 2.33. The number of carbonyl (C=O) groups is 3. The number of benzene rings is 2. The van der Waals surface area contributed by atoms with Crippen LogP contribution in [0.25, 0.3) is 0 Å². The predicted molar refractivity (Wildman–Crippen MR) is 123 cm³/mol. The fraction of sp³-hybridized carbons (Fsp3) is 0.400. The van der Waals surface area contributed by atoms with Crippen LogP contribution < -0.4 is 10.6 Å². The van der Waals surface area contributed by atoms with Gasteiger partial charge in [-0.2, -0.15) is 0 Å². The van der Waals surface area contributed by atoms with Gasteiger partial charge in [-0.1, -0.05) is 39.3 Å². The zero-order valence-corrected chi connectivity index (χ0v) is 18.5. The van der Waals surface area contributed by atoms with Gasteiger partial charge in [0, 0.05) is 36.4 Å². The van der Waals surface area contributed by atoms with Crippen LogP contribution in [0.1, 0.15) is 61.9 Å². The summed E-state index contributed by atoms with van der Waals surface area (Å²) in [6, 6.07) is 14.6. The lowest BCUT2D eigenvalue weighted by atomic mass is 10.0. The molecule has 3 amide bonds. The highest BCUT2D eigenvalue weighted by atomic mass is 16.2. The first-order chi connectivity index (χ1) is 14.9. The Morgan fingerprint density at radius 3 is 2.23 bits per heavy atom. The third kappa shape index (κ3) is 5.94. The largest absolute Gasteiger partial charge is 0.342 e. The smallest absolute Gasteiger partial charge is 0.255 e. The molecule has 1 saturated heterocycles. The van der Waals surface area contributed by atoms with Gasteiger partial charge in [0.1, 0.15) is 0 Å². The molecular weight excluding hydrogens is 390 g/mol. The van der Waals surface area contributed by atoms with Gasteiger partial charge >= 0.3 is 0 Å². The van der Waals surface area contributed by atoms with E-state index in [-0.39, 0.29) is 30.1 Å². The number of likely N-dealkylation sites (tertiary alicyclic amines) is 1. The van der Waals surface area contributed by atoms with Crippen molar-refractivity contribution >= 4 is 29.1 Å². The summed E-state index contributed by atoms with van der Waals surface area (Å²) in [5, 5.41) is 5.75. The maximum absolute atomic E-state index is 12.5. The van der Waals surface area contributed by atoms with Crippen molar-refractivity contribution in [3.63, 3.8) is 0 Å². The summed E-state index contributed by atoms with van der Waals surface area (Å²) in [7, 11) is 0. The second-order valence-electron chi connectivity index (χ2n) is 8.39. The van der Waals surface area contributed by atoms with Crippen molar-refractivity contribution in [2.24, 2.45) is 5.92 Å². The van der Waals surface area contributed by atoms with E-state index in [2.05, 4.69) is 31.4 Å². The van der Waals surface area contributed by atoms with Gasteiger partial charge in [0.2, 0.25) is 11.8 Å². The molecule has 0 unspecified atom stereocenters. The van der Waals surface area contributed by atoms with Gasteiger partial charge in [-0.3, -0.25) is 14.4 Å². The molecule has 2 aromatic rings. The Morgan fingerprint density at radius 2 is 1.61 bits per heavy atom. The second kappa shape index (κ2) is 10.2. The van der Waals surface area contributed by atoms with E-state index < -0.39 is 0 Å². The summed E-state index contributed by atoms with van der Waals surface area (Å²) in [4.78, 5) is 38.9. The van der Waals surface area contributed by atoms with Crippen LogP contribution in [0.2, 0.25) is 0 Å². The van der Waals surface area contributed by atoms with Crippen molar-refractivity contribution in [3.05, 3.63) is 59.7 Å². The van der Waals surface area contributed by atoms with Gasteiger partial charge in [-0.25, -0.2) is 0 Å². The number of anilines is 2. The topological polar surface area (TPSA) is 78.5 Å². The summed E-state index contributed by atoms with van der Waals surface area (Å²) in [5.41, 5.74) is 3.08. The van der Waals surface area contributed by atoms with E-state index in [0.29, 0.717) is 30.3 Å². The summed E-state index contributed by atoms with van der Waals surface area (Å²) in [5.74, 6) is -0.213. The first-order valence-corrected chi connectivity index (χ1v) is 11.0. The molecular formula is C25H31N3O3. The second-order valence-corrected chi connectivity index (χ2v) is 8.39. The van der Waals surface area contributed by atoms with Gasteiger partial charge in [0.25, 0.3) is 5.91 Å². The molecule has 6 nitrogen and oxygen atoms in total. The van der Waals surface area contributed by atoms with Crippen molar-refractivity contribution < 1.29 is 14.4 Å². The Labute approximate surface area is 184 Å². The SMILES string of the molecule is CCCCN1C[C@H](C(=O)Nc2ccc(C(=O)Nc3ccc(C(C)C)cc3)cc2)CC1=O. The highest BCUT2D eigenvalue weighted by molar-refractivity contribution is 6.04. The summed E-state index contributed by atoms with van der Waals surface area (Å²) in [6.07, 6.45) is 2.22. The first kappa shape index (κ1) is 22.5. The minimum Gasteiger partial charge on any atom is -0.342 e. The number of hydrogen-bond acceptors (Lipinski definition) is 3. The van der Waals surface area contributed by atoms with Crippen LogP contribution in [0, 0.1) is 5.92 Å². The summed E-state index contributed by atoms with van der Waals surface area (Å²) in [6.45, 7) is 7.52. The van der Waals surface area contributed by atoms with E-state index in [1.807, 2.05) is 24.3 Å². The molecule has 1 aliphatic heterocycles. The van der Waals surface area contributed by atoms with Crippen molar-refractivity contribution in [2.45, 2.75) is 46.0 Å². The van der Waals surface area contributed by atoms with Crippen molar-refractivity contribution in [1.29, 1.82) is 0 Å². The fourth-order valence-electron chi connectivity index (χ4n) is 3.62. The molecule has 3 rings (SSSR count). The van der Waals surface area contributed by atoms with Gasteiger partial charge in [-0.05, 0) is 54.3 Å². The molecule has 0 bridgehead atoms. The number of rotatable bonds is 8. The van der Waals surface area contributed by atoms with Crippen LogP contribution in [0.5, 0.6) is 0 Å². The molecule has 31 heavy (non-hydrogen) atoms. The first-order valence-electron chi connectivity index (χ1n) is 11.0. The average molecular weight is 422 g/mol. The maximum atomic E-state index is 12.5. The van der Waals surface area contributed by atoms with E-state index in [1.165, 1.54) is 5.56 Å². The minimum absolute atomic E-state index is 0.0436. The lowest BCUT2D eigenvalue weighted by Gasteiger charge is -2.16. The Balaban J connectivity index is 1.54. The van der Waals surface area contributed by atoms with Crippen LogP contribution in [0.15, 0.2) is 48.5 Å². The van der Waals surface area contributed by atoms with E-state index in [4.69, 9.17) is 0 Å². The van der Waals surface area contributed by atoms with E-state index in [0.717, 1.165) is 18.5 Å². The number of nitrogens with zero attached hydrogens (tertiary/aromatic N) is 1. The monoisotopic (exact) mass is 421 g/mol. The van der Waals surface area contributed by atoms with Crippen LogP contribution in [0.4, 0.5) is 11.4 Å². The molecule has 2 aromatic carbocycles. The zero-order chi connectivity index (χ0) is 22.4. The Hall–Kier alpha value is -3.15. The van der Waals surface area contributed by atoms with Gasteiger partial charge in [0.05, 0.1) is 5.92 Å². The van der Waals surface area contributed by atoms with Gasteiger partial charge in [0.15, 0.2) is 0 Å². The molecule has 164 valence electrons. The maximum Gasteiger partial charge on any atom is 0.255 e. The fourth-order valence-corrected chi connectivity index (χ4v) is 3.62. The Bertz CT molecular complexity index is 920. The van der Waals surface area contributed by atoms with Crippen LogP contribution in [-0.4, -0.2) is 35.7 Å². The third-order valence-electron chi connectivity index (χ3n) is 5.62. The molecule has 0 radical (unpaired) electrons. The number of amides is 3. The number of hydrogen-bond donors (Lipinski definition) is 2. The van der Waals surface area contributed by atoms with Crippen LogP contribution >= 0.6 is 0 Å². The number of nitrogens with one attached hydrogen (secondary N) is 2. The predicted octanol–water partition coefficient (Wildman–Crippen LogP) is 4.65. The van der Waals surface area contributed by atoms with E-state index in [1.54, 1.807) is 29.2 Å². The molecule has 1 aliphatic rings. The highest BCUT2D eigenvalue weighted by Crippen LogP contribution is 2.21. The van der Waals surface area contributed by atoms with Gasteiger partial charge < -0.3 is 15.5 Å². The van der Waals surface area contributed by atoms with Crippen LogP contribution in [0.3, 0.4) is 0 Å². The quantitative estimate of drug-likeness (QED) is 0.651. The van der Waals surface area contributed by atoms with Gasteiger partial charge in [-0.15, -0.1) is 0 Å². The van der Waals surface area contributed by atoms with Crippen molar-refractivity contribution in [3.8, 4) is 0 Å². The van der Waals surface area contributed by atoms with E-state index >= 15 is 0 Å². The zero-order valence-electron chi connectivity index (χ0n) is 18.5. The lowest BCUT2D eigenvalue weighted by Crippen LogP contribution is -2.29. The number of unbranched alkanes of at least 4 members (excludes halogenated alkanes) is 1. The van der Waals surface area contributed by atoms with E-state index in [9.17, 15) is 14.4 Å². The molecule has 6 heteroatoms. The molecule has 1 fully saturated rings. The molecule has 1 atom stereocenters. The molecule has 0 aromatic heterocycles. The lowest BCUT2D eigenvalue weighted by molar-refractivity contribution is -0.128. The molecule has 2 N–H and O–H groups in total. The molecule has 0 spiro atoms. The minimum atomic E-state index is -0.332. The third-order valence-corrected chi connectivity index (χ3v) is 5.62. The molecule has 1 heterocycles. The van der Waals surface area contributed by atoms with Crippen molar-refractivity contribution in [1.82, 2.24) is 4.90 Å². The summed E-state index contributed by atoms with van der Waals surface area (Å²) >= 11 is 0. The molecule has 0 aliphatic carbocycles.